The van der Waals surface area contributed by atoms with E-state index in [1.807, 2.05) is 30.3 Å². The van der Waals surface area contributed by atoms with Crippen LogP contribution in [0.15, 0.2) is 54.6 Å². The van der Waals surface area contributed by atoms with Crippen molar-refractivity contribution in [3.05, 3.63) is 65.7 Å². The molecule has 0 aliphatic rings. The highest BCUT2D eigenvalue weighted by molar-refractivity contribution is 5.93. The topological polar surface area (TPSA) is 116 Å². The smallest absolute Gasteiger partial charge is 0.248 e. The monoisotopic (exact) mass is 378 g/mol. The SMILES string of the molecule is CCC[C@H](NC(=O)Cn1nnc(-c2ccc(C(N)=O)cc2)n1)c1ccccc1. The van der Waals surface area contributed by atoms with Crippen molar-refractivity contribution in [2.45, 2.75) is 32.4 Å². The van der Waals surface area contributed by atoms with Crippen LogP contribution in [0.4, 0.5) is 0 Å². The number of hydrogen-bond acceptors (Lipinski definition) is 5. The van der Waals surface area contributed by atoms with E-state index in [1.54, 1.807) is 24.3 Å². The van der Waals surface area contributed by atoms with Crippen molar-refractivity contribution in [1.29, 1.82) is 0 Å². The first kappa shape index (κ1) is 19.2. The van der Waals surface area contributed by atoms with Gasteiger partial charge in [0.1, 0.15) is 6.54 Å². The zero-order chi connectivity index (χ0) is 19.9. The molecule has 1 heterocycles. The van der Waals surface area contributed by atoms with Gasteiger partial charge in [0.15, 0.2) is 0 Å². The summed E-state index contributed by atoms with van der Waals surface area (Å²) in [6, 6.07) is 16.4. The lowest BCUT2D eigenvalue weighted by molar-refractivity contribution is -0.122. The van der Waals surface area contributed by atoms with Gasteiger partial charge < -0.3 is 11.1 Å². The van der Waals surface area contributed by atoms with Crippen LogP contribution in [-0.2, 0) is 11.3 Å². The summed E-state index contributed by atoms with van der Waals surface area (Å²) in [5, 5.41) is 15.2. The number of nitrogens with one attached hydrogen (secondary N) is 1. The molecule has 2 amide bonds. The first-order chi connectivity index (χ1) is 13.6. The Labute approximate surface area is 162 Å². The molecule has 3 aromatic rings. The normalized spacial score (nSPS) is 11.8. The van der Waals surface area contributed by atoms with Gasteiger partial charge in [0, 0.05) is 11.1 Å². The zero-order valence-corrected chi connectivity index (χ0v) is 15.6. The molecule has 144 valence electrons. The maximum atomic E-state index is 12.4. The summed E-state index contributed by atoms with van der Waals surface area (Å²) >= 11 is 0. The number of amides is 2. The minimum Gasteiger partial charge on any atom is -0.366 e. The number of hydrogen-bond donors (Lipinski definition) is 2. The van der Waals surface area contributed by atoms with E-state index in [0.717, 1.165) is 18.4 Å². The van der Waals surface area contributed by atoms with Gasteiger partial charge in [-0.2, -0.15) is 4.80 Å². The van der Waals surface area contributed by atoms with E-state index < -0.39 is 5.91 Å². The molecule has 0 spiro atoms. The average Bonchev–Trinajstić information content (AvgIpc) is 3.16. The lowest BCUT2D eigenvalue weighted by Crippen LogP contribution is -2.32. The fraction of sp³-hybridized carbons (Fsp3) is 0.250. The molecule has 0 aliphatic carbocycles. The van der Waals surface area contributed by atoms with E-state index in [0.29, 0.717) is 17.0 Å². The molecule has 2 aromatic carbocycles. The molecule has 0 aliphatic heterocycles. The van der Waals surface area contributed by atoms with Crippen LogP contribution in [0, 0.1) is 0 Å². The number of aromatic nitrogens is 4. The van der Waals surface area contributed by atoms with Gasteiger partial charge in [-0.05, 0) is 29.3 Å². The van der Waals surface area contributed by atoms with Crippen molar-refractivity contribution >= 4 is 11.8 Å². The minimum atomic E-state index is -0.500. The molecule has 0 radical (unpaired) electrons. The van der Waals surface area contributed by atoms with Crippen molar-refractivity contribution in [2.24, 2.45) is 5.73 Å². The number of carbonyl (C=O) groups excluding carboxylic acids is 2. The average molecular weight is 378 g/mol. The molecule has 0 saturated heterocycles. The quantitative estimate of drug-likeness (QED) is 0.623. The Kier molecular flexibility index (Phi) is 6.11. The molecule has 3 N–H and O–H groups in total. The van der Waals surface area contributed by atoms with Crippen molar-refractivity contribution in [2.75, 3.05) is 0 Å². The van der Waals surface area contributed by atoms with E-state index in [9.17, 15) is 9.59 Å². The Morgan fingerprint density at radius 2 is 1.82 bits per heavy atom. The van der Waals surface area contributed by atoms with Crippen LogP contribution >= 0.6 is 0 Å². The lowest BCUT2D eigenvalue weighted by Gasteiger charge is -2.18. The van der Waals surface area contributed by atoms with Gasteiger partial charge >= 0.3 is 0 Å². The third-order valence-corrected chi connectivity index (χ3v) is 4.28. The predicted molar refractivity (Wildman–Crippen MR) is 104 cm³/mol. The Morgan fingerprint density at radius 1 is 1.11 bits per heavy atom. The van der Waals surface area contributed by atoms with Crippen LogP contribution < -0.4 is 11.1 Å². The molecule has 8 nitrogen and oxygen atoms in total. The van der Waals surface area contributed by atoms with Crippen LogP contribution in [-0.4, -0.2) is 32.0 Å². The number of benzene rings is 2. The summed E-state index contributed by atoms with van der Waals surface area (Å²) in [7, 11) is 0. The van der Waals surface area contributed by atoms with E-state index in [-0.39, 0.29) is 18.5 Å². The second-order valence-electron chi connectivity index (χ2n) is 6.40. The van der Waals surface area contributed by atoms with Crippen LogP contribution in [0.3, 0.4) is 0 Å². The molecule has 1 atom stereocenters. The van der Waals surface area contributed by atoms with Gasteiger partial charge in [-0.3, -0.25) is 9.59 Å². The fourth-order valence-corrected chi connectivity index (χ4v) is 2.87. The summed E-state index contributed by atoms with van der Waals surface area (Å²) in [5.41, 5.74) is 7.39. The van der Waals surface area contributed by atoms with Gasteiger partial charge in [-0.15, -0.1) is 10.2 Å². The second-order valence-corrected chi connectivity index (χ2v) is 6.40. The van der Waals surface area contributed by atoms with Gasteiger partial charge in [-0.25, -0.2) is 0 Å². The maximum absolute atomic E-state index is 12.4. The van der Waals surface area contributed by atoms with Crippen LogP contribution in [0.5, 0.6) is 0 Å². The first-order valence-electron chi connectivity index (χ1n) is 9.09. The van der Waals surface area contributed by atoms with Crippen LogP contribution in [0.25, 0.3) is 11.4 Å². The number of nitrogens with two attached hydrogens (primary N) is 1. The maximum Gasteiger partial charge on any atom is 0.248 e. The van der Waals surface area contributed by atoms with Crippen molar-refractivity contribution < 1.29 is 9.59 Å². The van der Waals surface area contributed by atoms with E-state index >= 15 is 0 Å². The zero-order valence-electron chi connectivity index (χ0n) is 15.6. The molecule has 3 rings (SSSR count). The number of carbonyl (C=O) groups is 2. The molecule has 8 heteroatoms. The Balaban J connectivity index is 1.65. The predicted octanol–water partition coefficient (Wildman–Crippen LogP) is 2.10. The summed E-state index contributed by atoms with van der Waals surface area (Å²) < 4.78 is 0. The first-order valence-corrected chi connectivity index (χ1v) is 9.09. The Bertz CT molecular complexity index is 937. The van der Waals surface area contributed by atoms with Crippen LogP contribution in [0.1, 0.15) is 41.7 Å². The minimum absolute atomic E-state index is 0.0284. The highest BCUT2D eigenvalue weighted by atomic mass is 16.2. The van der Waals surface area contributed by atoms with Crippen LogP contribution in [0.2, 0.25) is 0 Å². The fourth-order valence-electron chi connectivity index (χ4n) is 2.87. The van der Waals surface area contributed by atoms with Crippen molar-refractivity contribution in [3.63, 3.8) is 0 Å². The molecule has 1 aromatic heterocycles. The second kappa shape index (κ2) is 8.90. The molecule has 0 unspecified atom stereocenters. The standard InChI is InChI=1S/C20H22N6O2/c1-2-6-17(14-7-4-3-5-8-14)22-18(27)13-26-24-20(23-25-26)16-11-9-15(10-12-16)19(21)28/h3-5,7-12,17H,2,6,13H2,1H3,(H2,21,28)(H,22,27)/t17-/m0/s1. The molecule has 28 heavy (non-hydrogen) atoms. The highest BCUT2D eigenvalue weighted by Crippen LogP contribution is 2.18. The van der Waals surface area contributed by atoms with Gasteiger partial charge in [0.25, 0.3) is 0 Å². The Morgan fingerprint density at radius 3 is 2.46 bits per heavy atom. The largest absolute Gasteiger partial charge is 0.366 e. The molecular weight excluding hydrogens is 356 g/mol. The molecule has 0 bridgehead atoms. The third kappa shape index (κ3) is 4.79. The van der Waals surface area contributed by atoms with Gasteiger partial charge in [0.05, 0.1) is 6.04 Å². The highest BCUT2D eigenvalue weighted by Gasteiger charge is 2.15. The van der Waals surface area contributed by atoms with E-state index in [4.69, 9.17) is 5.73 Å². The number of nitrogens with zero attached hydrogens (tertiary/aromatic N) is 4. The van der Waals surface area contributed by atoms with E-state index in [2.05, 4.69) is 27.7 Å². The summed E-state index contributed by atoms with van der Waals surface area (Å²) in [4.78, 5) is 24.8. The third-order valence-electron chi connectivity index (χ3n) is 4.28. The van der Waals surface area contributed by atoms with Crippen molar-refractivity contribution in [1.82, 2.24) is 25.5 Å². The van der Waals surface area contributed by atoms with Gasteiger partial charge in [0.2, 0.25) is 17.6 Å². The summed E-state index contributed by atoms with van der Waals surface area (Å²) in [5.74, 6) is -0.313. The Hall–Kier alpha value is -3.55. The van der Waals surface area contributed by atoms with Gasteiger partial charge in [-0.1, -0.05) is 55.8 Å². The van der Waals surface area contributed by atoms with Crippen molar-refractivity contribution in [3.8, 4) is 11.4 Å². The lowest BCUT2D eigenvalue weighted by atomic mass is 10.0. The summed E-state index contributed by atoms with van der Waals surface area (Å²) in [6.07, 6.45) is 1.80. The number of tetrazole rings is 1. The molecule has 0 fully saturated rings. The number of rotatable bonds is 8. The summed E-state index contributed by atoms with van der Waals surface area (Å²) in [6.45, 7) is 2.05. The van der Waals surface area contributed by atoms with E-state index in [1.165, 1.54) is 4.80 Å². The number of primary amides is 1. The molecule has 0 saturated carbocycles. The molecular formula is C20H22N6O2.